The number of hydrogen-bond donors (Lipinski definition) is 5. The Morgan fingerprint density at radius 1 is 1.02 bits per heavy atom. The second kappa shape index (κ2) is 14.1. The van der Waals surface area contributed by atoms with Crippen LogP contribution < -0.4 is 5.32 Å². The number of hydrogen-bond acceptors (Lipinski definition) is 7. The van der Waals surface area contributed by atoms with E-state index in [9.17, 15) is 30.0 Å². The molecule has 4 aliphatic rings. The summed E-state index contributed by atoms with van der Waals surface area (Å²) in [5.41, 5.74) is 3.20. The van der Waals surface area contributed by atoms with Crippen LogP contribution in [-0.2, 0) is 11.3 Å². The number of rotatable bonds is 8. The predicted molar refractivity (Wildman–Crippen MR) is 206 cm³/mol. The first-order valence-corrected chi connectivity index (χ1v) is 19.7. The second-order valence-corrected chi connectivity index (χ2v) is 17.6. The van der Waals surface area contributed by atoms with E-state index in [1.807, 2.05) is 55.5 Å². The maximum absolute atomic E-state index is 12.6. The molecule has 0 saturated heterocycles. The third kappa shape index (κ3) is 6.68. The molecule has 282 valence electrons. The van der Waals surface area contributed by atoms with Gasteiger partial charge in [0, 0.05) is 23.9 Å². The maximum atomic E-state index is 12.6. The van der Waals surface area contributed by atoms with Crippen molar-refractivity contribution in [3.05, 3.63) is 70.9 Å². The zero-order chi connectivity index (χ0) is 37.9. The monoisotopic (exact) mass is 720 g/mol. The molecule has 4 aliphatic carbocycles. The van der Waals surface area contributed by atoms with Crippen molar-refractivity contribution in [2.75, 3.05) is 5.32 Å². The van der Waals surface area contributed by atoms with Gasteiger partial charge in [-0.2, -0.15) is 0 Å². The van der Waals surface area contributed by atoms with Crippen molar-refractivity contribution >= 4 is 28.3 Å². The summed E-state index contributed by atoms with van der Waals surface area (Å²) < 4.78 is 0. The van der Waals surface area contributed by atoms with Crippen molar-refractivity contribution < 1.29 is 30.0 Å². The number of carboxylic acid groups (broad SMARTS) is 1. The van der Waals surface area contributed by atoms with E-state index in [4.69, 9.17) is 0 Å². The standard InChI is InChI=1S/C45H56N2O6/c1-26(10-17-39(51)52)33-15-16-34-41-35(23-38(50)44(33,34)5)43(4)20-21-45(53,24-31(43)22-37(41)49)19-18-29-11-13-30(14-12-29)25-46-42-32-8-6-7-9-36(32)47-27(2)40(42)28(3)48/h6-9,11-14,26,31,33-35,37-38,41,49-50,53H,10,15-17,20-25H2,1-5H3,(H,46,47)(H,51,52)/t26?,31?,33-,34?,35?,37?,38?,41?,43?,44?,45-/m1/s1. The van der Waals surface area contributed by atoms with Crippen molar-refractivity contribution in [1.29, 1.82) is 0 Å². The molecule has 1 aromatic heterocycles. The van der Waals surface area contributed by atoms with Crippen LogP contribution in [0.3, 0.4) is 0 Å². The van der Waals surface area contributed by atoms with Gasteiger partial charge >= 0.3 is 5.97 Å². The van der Waals surface area contributed by atoms with E-state index in [-0.39, 0.29) is 58.5 Å². The lowest BCUT2D eigenvalue weighted by Gasteiger charge is -2.64. The van der Waals surface area contributed by atoms with Crippen LogP contribution in [0.4, 0.5) is 5.69 Å². The fourth-order valence-electron chi connectivity index (χ4n) is 11.8. The third-order valence-corrected chi connectivity index (χ3v) is 14.7. The van der Waals surface area contributed by atoms with E-state index in [2.05, 4.69) is 42.9 Å². The lowest BCUT2D eigenvalue weighted by atomic mass is 9.42. The number of aromatic nitrogens is 1. The Labute approximate surface area is 313 Å². The number of aryl methyl sites for hydroxylation is 1. The lowest BCUT2D eigenvalue weighted by Crippen LogP contribution is -2.63. The Balaban J connectivity index is 1.03. The van der Waals surface area contributed by atoms with Crippen LogP contribution in [0.5, 0.6) is 0 Å². The fourth-order valence-corrected chi connectivity index (χ4v) is 11.8. The maximum Gasteiger partial charge on any atom is 0.303 e. The lowest BCUT2D eigenvalue weighted by molar-refractivity contribution is -0.211. The molecule has 1 heterocycles. The Morgan fingerprint density at radius 2 is 1.75 bits per heavy atom. The molecule has 8 heteroatoms. The third-order valence-electron chi connectivity index (χ3n) is 14.7. The SMILES string of the molecule is CC(=O)c1c(C)nc2ccccc2c1NCc1ccc(C#C[C@@]2(O)CCC3(C)C(CC(O)C4C3CC(O)C3(C)C4CC[C@@H]3C(C)CCC(=O)O)C2)cc1. The van der Waals surface area contributed by atoms with Gasteiger partial charge in [0.05, 0.1) is 34.7 Å². The molecule has 4 saturated carbocycles. The number of para-hydroxylation sites is 1. The first kappa shape index (κ1) is 37.5. The number of aliphatic carboxylic acids is 1. The summed E-state index contributed by atoms with van der Waals surface area (Å²) in [4.78, 5) is 28.5. The highest BCUT2D eigenvalue weighted by Crippen LogP contribution is 2.69. The summed E-state index contributed by atoms with van der Waals surface area (Å²) in [5.74, 6) is 6.68. The van der Waals surface area contributed by atoms with Gasteiger partial charge in [-0.15, -0.1) is 0 Å². The molecule has 0 amide bonds. The number of Topliss-reactive ketones (excluding diaryl/α,β-unsaturated/α-hetero) is 1. The van der Waals surface area contributed by atoms with Gasteiger partial charge in [0.15, 0.2) is 5.78 Å². The summed E-state index contributed by atoms with van der Waals surface area (Å²) in [6.07, 6.45) is 4.79. The molecule has 3 aromatic rings. The van der Waals surface area contributed by atoms with Crippen molar-refractivity contribution in [3.63, 3.8) is 0 Å². The number of ketones is 1. The molecule has 5 N–H and O–H groups in total. The van der Waals surface area contributed by atoms with Gasteiger partial charge in [0.1, 0.15) is 5.60 Å². The van der Waals surface area contributed by atoms with Gasteiger partial charge < -0.3 is 25.7 Å². The Hall–Kier alpha value is -3.77. The van der Waals surface area contributed by atoms with Crippen molar-refractivity contribution in [3.8, 4) is 11.8 Å². The van der Waals surface area contributed by atoms with Crippen LogP contribution in [0.15, 0.2) is 48.5 Å². The number of aliphatic hydroxyl groups is 3. The van der Waals surface area contributed by atoms with Crippen molar-refractivity contribution in [2.24, 2.45) is 46.3 Å². The van der Waals surface area contributed by atoms with Crippen LogP contribution in [0.1, 0.15) is 113 Å². The second-order valence-electron chi connectivity index (χ2n) is 17.6. The summed E-state index contributed by atoms with van der Waals surface area (Å²) in [5, 5.41) is 49.3. The number of carbonyl (C=O) groups is 2. The van der Waals surface area contributed by atoms with Crippen LogP contribution in [0.25, 0.3) is 10.9 Å². The van der Waals surface area contributed by atoms with Gasteiger partial charge in [-0.3, -0.25) is 14.6 Å². The molecule has 0 bridgehead atoms. The van der Waals surface area contributed by atoms with Gasteiger partial charge in [-0.25, -0.2) is 0 Å². The first-order valence-electron chi connectivity index (χ1n) is 19.7. The largest absolute Gasteiger partial charge is 0.481 e. The molecule has 9 unspecified atom stereocenters. The zero-order valence-corrected chi connectivity index (χ0v) is 31.9. The summed E-state index contributed by atoms with van der Waals surface area (Å²) in [7, 11) is 0. The van der Waals surface area contributed by atoms with Gasteiger partial charge in [0.2, 0.25) is 0 Å². The molecule has 0 radical (unpaired) electrons. The number of nitrogens with one attached hydrogen (secondary N) is 1. The van der Waals surface area contributed by atoms with Gasteiger partial charge in [-0.1, -0.05) is 62.9 Å². The average molecular weight is 721 g/mol. The summed E-state index contributed by atoms with van der Waals surface area (Å²) in [6, 6.07) is 15.8. The smallest absolute Gasteiger partial charge is 0.303 e. The minimum atomic E-state index is -1.15. The number of aliphatic hydroxyl groups excluding tert-OH is 2. The Bertz CT molecular complexity index is 1950. The molecule has 8 nitrogen and oxygen atoms in total. The first-order chi connectivity index (χ1) is 25.1. The van der Waals surface area contributed by atoms with Crippen molar-refractivity contribution in [1.82, 2.24) is 4.98 Å². The van der Waals surface area contributed by atoms with Gasteiger partial charge in [0.25, 0.3) is 0 Å². The van der Waals surface area contributed by atoms with E-state index in [1.165, 1.54) is 0 Å². The summed E-state index contributed by atoms with van der Waals surface area (Å²) in [6.45, 7) is 10.6. The number of anilines is 1. The molecular weight excluding hydrogens is 665 g/mol. The normalized spacial score (nSPS) is 35.3. The van der Waals surface area contributed by atoms with Gasteiger partial charge in [-0.05, 0) is 135 Å². The summed E-state index contributed by atoms with van der Waals surface area (Å²) >= 11 is 0. The Kier molecular flexibility index (Phi) is 10.0. The molecule has 11 atom stereocenters. The number of nitrogens with zero attached hydrogens (tertiary/aromatic N) is 1. The molecule has 4 fully saturated rings. The topological polar surface area (TPSA) is 140 Å². The highest BCUT2D eigenvalue weighted by atomic mass is 16.4. The van der Waals surface area contributed by atoms with Crippen LogP contribution in [-0.4, -0.2) is 55.0 Å². The number of carbonyl (C=O) groups excluding carboxylic acids is 1. The predicted octanol–water partition coefficient (Wildman–Crippen LogP) is 7.54. The van der Waals surface area contributed by atoms with Crippen LogP contribution >= 0.6 is 0 Å². The molecule has 0 aliphatic heterocycles. The molecule has 53 heavy (non-hydrogen) atoms. The van der Waals surface area contributed by atoms with E-state index >= 15 is 0 Å². The molecular formula is C45H56N2O6. The minimum Gasteiger partial charge on any atom is -0.481 e. The highest BCUT2D eigenvalue weighted by molar-refractivity contribution is 6.08. The number of benzene rings is 2. The van der Waals surface area contributed by atoms with Crippen LogP contribution in [0.2, 0.25) is 0 Å². The van der Waals surface area contributed by atoms with E-state index in [1.54, 1.807) is 6.92 Å². The van der Waals surface area contributed by atoms with E-state index in [0.29, 0.717) is 49.9 Å². The molecule has 2 aromatic carbocycles. The fraction of sp³-hybridized carbons (Fsp3) is 0.578. The number of carboxylic acids is 1. The number of fused-ring (bicyclic) bond motifs is 6. The Morgan fingerprint density at radius 3 is 2.47 bits per heavy atom. The zero-order valence-electron chi connectivity index (χ0n) is 31.9. The number of pyridine rings is 1. The van der Waals surface area contributed by atoms with Crippen LogP contribution in [0, 0.1) is 65.1 Å². The quantitative estimate of drug-likeness (QED) is 0.119. The average Bonchev–Trinajstić information content (AvgIpc) is 3.48. The molecule has 7 rings (SSSR count). The molecule has 0 spiro atoms. The van der Waals surface area contributed by atoms with E-state index < -0.39 is 23.8 Å². The minimum absolute atomic E-state index is 0.0277. The van der Waals surface area contributed by atoms with E-state index in [0.717, 1.165) is 47.0 Å². The van der Waals surface area contributed by atoms with Crippen molar-refractivity contribution in [2.45, 2.75) is 117 Å². The highest BCUT2D eigenvalue weighted by Gasteiger charge is 2.66.